The Morgan fingerprint density at radius 1 is 1.22 bits per heavy atom. The second kappa shape index (κ2) is 4.11. The normalized spacial score (nSPS) is 12.8. The third kappa shape index (κ3) is 2.58. The van der Waals surface area contributed by atoms with Gasteiger partial charge in [-0.15, -0.1) is 0 Å². The summed E-state index contributed by atoms with van der Waals surface area (Å²) in [6.45, 7) is 0. The molecule has 0 spiro atoms. The number of benzene rings is 1. The summed E-state index contributed by atoms with van der Waals surface area (Å²) in [6, 6.07) is 5.11. The molecule has 0 aliphatic carbocycles. The molecule has 0 aliphatic rings. The lowest BCUT2D eigenvalue weighted by Crippen LogP contribution is -2.12. The van der Waals surface area contributed by atoms with Crippen molar-refractivity contribution in [3.05, 3.63) is 30.5 Å². The molecule has 0 radical (unpaired) electrons. The highest BCUT2D eigenvalue weighted by molar-refractivity contribution is 7.89. The molecule has 1 aromatic heterocycles. The average Bonchev–Trinajstić information content (AvgIpc) is 2.25. The van der Waals surface area contributed by atoms with E-state index in [-0.39, 0.29) is 10.2 Å². The summed E-state index contributed by atoms with van der Waals surface area (Å²) in [6.07, 6.45) is 1.06. The van der Waals surface area contributed by atoms with Crippen molar-refractivity contribution in [3.63, 3.8) is 0 Å². The zero-order valence-corrected chi connectivity index (χ0v) is 10.6. The van der Waals surface area contributed by atoms with E-state index < -0.39 is 17.6 Å². The lowest BCUT2D eigenvalue weighted by Gasteiger charge is -2.05. The molecule has 0 saturated carbocycles. The molecule has 1 heterocycles. The van der Waals surface area contributed by atoms with Gasteiger partial charge in [-0.05, 0) is 24.3 Å². The lowest BCUT2D eigenvalue weighted by molar-refractivity contribution is 0.387. The van der Waals surface area contributed by atoms with Gasteiger partial charge >= 0.3 is 7.60 Å². The van der Waals surface area contributed by atoms with E-state index in [0.717, 1.165) is 6.20 Å². The number of pyridine rings is 1. The molecule has 0 amide bonds. The van der Waals surface area contributed by atoms with Crippen LogP contribution < -0.4 is 10.4 Å². The number of rotatable bonds is 2. The summed E-state index contributed by atoms with van der Waals surface area (Å²) in [4.78, 5) is 21.7. The molecule has 1 aromatic carbocycles. The molecule has 0 unspecified atom stereocenters. The van der Waals surface area contributed by atoms with Gasteiger partial charge < -0.3 is 9.79 Å². The van der Waals surface area contributed by atoms with E-state index in [0.29, 0.717) is 10.9 Å². The van der Waals surface area contributed by atoms with Crippen molar-refractivity contribution in [2.24, 2.45) is 5.14 Å². The van der Waals surface area contributed by atoms with Crippen molar-refractivity contribution in [1.82, 2.24) is 4.98 Å². The third-order valence-electron chi connectivity index (χ3n) is 2.30. The van der Waals surface area contributed by atoms with Crippen molar-refractivity contribution >= 4 is 33.8 Å². The molecule has 7 nitrogen and oxygen atoms in total. The molecule has 0 atom stereocenters. The van der Waals surface area contributed by atoms with Gasteiger partial charge in [0.05, 0.1) is 15.7 Å². The fourth-order valence-corrected chi connectivity index (χ4v) is 2.50. The van der Waals surface area contributed by atoms with Gasteiger partial charge in [-0.3, -0.25) is 9.55 Å². The molecule has 0 bridgehead atoms. The van der Waals surface area contributed by atoms with Gasteiger partial charge in [0.15, 0.2) is 0 Å². The van der Waals surface area contributed by atoms with Crippen LogP contribution in [0.5, 0.6) is 0 Å². The summed E-state index contributed by atoms with van der Waals surface area (Å²) in [7, 11) is -8.29. The first-order valence-electron chi connectivity index (χ1n) is 4.67. The van der Waals surface area contributed by atoms with Gasteiger partial charge in [0, 0.05) is 11.6 Å². The Morgan fingerprint density at radius 3 is 2.44 bits per heavy atom. The first-order valence-corrected chi connectivity index (χ1v) is 7.82. The van der Waals surface area contributed by atoms with Crippen molar-refractivity contribution in [3.8, 4) is 0 Å². The van der Waals surface area contributed by atoms with Crippen LogP contribution in [0.3, 0.4) is 0 Å². The van der Waals surface area contributed by atoms with Crippen LogP contribution in [0.1, 0.15) is 0 Å². The SMILES string of the molecule is NS(=O)(=O)c1ccc2ncc(P(=O)(O)O)cc2c1. The molecule has 2 rings (SSSR count). The third-order valence-corrected chi connectivity index (χ3v) is 4.13. The molecule has 2 aromatic rings. The maximum atomic E-state index is 11.2. The zero-order chi connectivity index (χ0) is 13.6. The van der Waals surface area contributed by atoms with Gasteiger partial charge in [-0.1, -0.05) is 0 Å². The van der Waals surface area contributed by atoms with Gasteiger partial charge in [0.2, 0.25) is 10.0 Å². The summed E-state index contributed by atoms with van der Waals surface area (Å²) < 4.78 is 33.4. The van der Waals surface area contributed by atoms with Gasteiger partial charge in [-0.25, -0.2) is 13.6 Å². The number of hydrogen-bond donors (Lipinski definition) is 3. The standard InChI is InChI=1S/C9H9N2O5PS/c10-18(15,16)8-1-2-9-6(4-8)3-7(5-11-9)17(12,13)14/h1-5H,(H2,10,15,16)(H2,12,13,14). The molecular formula is C9H9N2O5PS. The largest absolute Gasteiger partial charge is 0.357 e. The molecule has 9 heteroatoms. The van der Waals surface area contributed by atoms with Crippen LogP contribution in [-0.4, -0.2) is 23.2 Å². The van der Waals surface area contributed by atoms with Gasteiger partial charge in [0.1, 0.15) is 0 Å². The van der Waals surface area contributed by atoms with E-state index in [1.165, 1.54) is 24.3 Å². The van der Waals surface area contributed by atoms with Crippen LogP contribution in [0, 0.1) is 0 Å². The highest BCUT2D eigenvalue weighted by atomic mass is 32.2. The molecule has 0 fully saturated rings. The average molecular weight is 288 g/mol. The first kappa shape index (κ1) is 13.1. The Kier molecular flexibility index (Phi) is 3.00. The van der Waals surface area contributed by atoms with Gasteiger partial charge in [-0.2, -0.15) is 0 Å². The van der Waals surface area contributed by atoms with E-state index in [1.54, 1.807) is 0 Å². The summed E-state index contributed by atoms with van der Waals surface area (Å²) in [5.74, 6) is 0. The Labute approximate surface area is 102 Å². The van der Waals surface area contributed by atoms with E-state index in [4.69, 9.17) is 14.9 Å². The minimum Gasteiger partial charge on any atom is -0.321 e. The molecule has 18 heavy (non-hydrogen) atoms. The van der Waals surface area contributed by atoms with Crippen LogP contribution >= 0.6 is 7.60 Å². The highest BCUT2D eigenvalue weighted by Gasteiger charge is 2.18. The lowest BCUT2D eigenvalue weighted by atomic mass is 10.2. The van der Waals surface area contributed by atoms with Crippen LogP contribution in [0.4, 0.5) is 0 Å². The van der Waals surface area contributed by atoms with Gasteiger partial charge in [0.25, 0.3) is 0 Å². The fourth-order valence-electron chi connectivity index (χ4n) is 1.43. The number of aromatic nitrogens is 1. The Hall–Kier alpha value is -1.31. The van der Waals surface area contributed by atoms with Crippen molar-refractivity contribution in [1.29, 1.82) is 0 Å². The summed E-state index contributed by atoms with van der Waals surface area (Å²) in [5, 5.41) is 4.99. The topological polar surface area (TPSA) is 131 Å². The predicted molar refractivity (Wildman–Crippen MR) is 64.8 cm³/mol. The fraction of sp³-hybridized carbons (Fsp3) is 0. The summed E-state index contributed by atoms with van der Waals surface area (Å²) >= 11 is 0. The Morgan fingerprint density at radius 2 is 1.89 bits per heavy atom. The molecule has 96 valence electrons. The minimum atomic E-state index is -4.42. The first-order chi connectivity index (χ1) is 8.18. The van der Waals surface area contributed by atoms with E-state index in [2.05, 4.69) is 4.98 Å². The Balaban J connectivity index is 2.72. The number of nitrogens with zero attached hydrogens (tertiary/aromatic N) is 1. The zero-order valence-electron chi connectivity index (χ0n) is 8.89. The predicted octanol–water partition coefficient (Wildman–Crippen LogP) is -0.315. The second-order valence-corrected chi connectivity index (χ2v) is 6.80. The van der Waals surface area contributed by atoms with E-state index in [9.17, 15) is 13.0 Å². The van der Waals surface area contributed by atoms with Crippen molar-refractivity contribution in [2.75, 3.05) is 0 Å². The Bertz CT molecular complexity index is 768. The molecule has 0 saturated heterocycles. The summed E-state index contributed by atoms with van der Waals surface area (Å²) in [5.41, 5.74) is 0.416. The van der Waals surface area contributed by atoms with Crippen LogP contribution in [-0.2, 0) is 14.6 Å². The monoisotopic (exact) mass is 288 g/mol. The molecule has 4 N–H and O–H groups in total. The number of primary sulfonamides is 1. The number of nitrogens with two attached hydrogens (primary N) is 1. The maximum absolute atomic E-state index is 11.2. The number of sulfonamides is 1. The quantitative estimate of drug-likeness (QED) is 0.649. The molecular weight excluding hydrogens is 279 g/mol. The second-order valence-electron chi connectivity index (χ2n) is 3.64. The van der Waals surface area contributed by atoms with Crippen LogP contribution in [0.25, 0.3) is 10.9 Å². The smallest absolute Gasteiger partial charge is 0.321 e. The number of hydrogen-bond acceptors (Lipinski definition) is 4. The highest BCUT2D eigenvalue weighted by Crippen LogP contribution is 2.33. The van der Waals surface area contributed by atoms with Crippen LogP contribution in [0.15, 0.2) is 35.4 Å². The maximum Gasteiger partial charge on any atom is 0.357 e. The minimum absolute atomic E-state index is 0.139. The number of fused-ring (bicyclic) bond motifs is 1. The van der Waals surface area contributed by atoms with E-state index >= 15 is 0 Å². The van der Waals surface area contributed by atoms with E-state index in [1.807, 2.05) is 0 Å². The van der Waals surface area contributed by atoms with Crippen molar-refractivity contribution < 1.29 is 22.8 Å². The van der Waals surface area contributed by atoms with Crippen molar-refractivity contribution in [2.45, 2.75) is 4.90 Å². The van der Waals surface area contributed by atoms with Crippen LogP contribution in [0.2, 0.25) is 0 Å². The molecule has 0 aliphatic heterocycles.